The van der Waals surface area contributed by atoms with E-state index in [1.54, 1.807) is 6.20 Å². The summed E-state index contributed by atoms with van der Waals surface area (Å²) in [5.41, 5.74) is 0.975. The molecule has 2 aromatic heterocycles. The van der Waals surface area contributed by atoms with Crippen molar-refractivity contribution in [2.24, 2.45) is 5.92 Å². The van der Waals surface area contributed by atoms with E-state index in [4.69, 9.17) is 0 Å². The van der Waals surface area contributed by atoms with Crippen LogP contribution in [-0.4, -0.2) is 48.9 Å². The fourth-order valence-electron chi connectivity index (χ4n) is 3.41. The molecule has 1 saturated heterocycles. The van der Waals surface area contributed by atoms with Crippen molar-refractivity contribution >= 4 is 17.7 Å². The third kappa shape index (κ3) is 3.63. The van der Waals surface area contributed by atoms with Crippen LogP contribution in [0.3, 0.4) is 0 Å². The second-order valence-electron chi connectivity index (χ2n) is 7.42. The van der Waals surface area contributed by atoms with Gasteiger partial charge in [0.2, 0.25) is 5.91 Å². The Morgan fingerprint density at radius 1 is 1.23 bits per heavy atom. The predicted molar refractivity (Wildman–Crippen MR) is 102 cm³/mol. The molecular formula is C19H25N5OS. The largest absolute Gasteiger partial charge is 0.342 e. The molecule has 26 heavy (non-hydrogen) atoms. The summed E-state index contributed by atoms with van der Waals surface area (Å²) in [6, 6.07) is 4.37. The van der Waals surface area contributed by atoms with Gasteiger partial charge in [0, 0.05) is 37.1 Å². The quantitative estimate of drug-likeness (QED) is 0.754. The van der Waals surface area contributed by atoms with Gasteiger partial charge in [0.15, 0.2) is 11.0 Å². The van der Waals surface area contributed by atoms with Gasteiger partial charge in [0.1, 0.15) is 0 Å². The normalized spacial score (nSPS) is 19.5. The number of carbonyl (C=O) groups is 1. The molecule has 0 N–H and O–H groups in total. The number of amides is 1. The fraction of sp³-hybridized carbons (Fsp3) is 0.579. The Hall–Kier alpha value is -1.89. The van der Waals surface area contributed by atoms with Gasteiger partial charge in [-0.1, -0.05) is 18.7 Å². The topological polar surface area (TPSA) is 63.9 Å². The molecule has 1 amide bonds. The van der Waals surface area contributed by atoms with Crippen molar-refractivity contribution < 1.29 is 4.79 Å². The Bertz CT molecular complexity index is 765. The molecule has 6 nitrogen and oxygen atoms in total. The van der Waals surface area contributed by atoms with Crippen molar-refractivity contribution in [1.29, 1.82) is 0 Å². The van der Waals surface area contributed by atoms with Crippen LogP contribution < -0.4 is 0 Å². The van der Waals surface area contributed by atoms with Crippen LogP contribution in [0.1, 0.15) is 45.6 Å². The number of thioether (sulfide) groups is 1. The van der Waals surface area contributed by atoms with Gasteiger partial charge < -0.3 is 4.90 Å². The van der Waals surface area contributed by atoms with Crippen LogP contribution in [-0.2, 0) is 4.79 Å². The van der Waals surface area contributed by atoms with Crippen molar-refractivity contribution in [2.75, 3.05) is 13.1 Å². The predicted octanol–water partition coefficient (Wildman–Crippen LogP) is 3.41. The summed E-state index contributed by atoms with van der Waals surface area (Å²) in [5, 5.41) is 9.52. The van der Waals surface area contributed by atoms with E-state index < -0.39 is 0 Å². The number of aromatic nitrogens is 4. The molecule has 2 aromatic rings. The molecule has 2 fully saturated rings. The van der Waals surface area contributed by atoms with E-state index in [9.17, 15) is 4.79 Å². The maximum Gasteiger partial charge on any atom is 0.235 e. The second kappa shape index (κ2) is 7.39. The molecule has 1 aliphatic heterocycles. The summed E-state index contributed by atoms with van der Waals surface area (Å²) in [6.45, 7) is 6.00. The maximum atomic E-state index is 12.8. The Balaban J connectivity index is 1.51. The molecule has 0 bridgehead atoms. The van der Waals surface area contributed by atoms with Gasteiger partial charge in [0.25, 0.3) is 0 Å². The molecule has 0 spiro atoms. The van der Waals surface area contributed by atoms with E-state index in [1.807, 2.05) is 30.2 Å². The van der Waals surface area contributed by atoms with Crippen LogP contribution in [0.25, 0.3) is 11.4 Å². The van der Waals surface area contributed by atoms with Crippen LogP contribution in [0.2, 0.25) is 0 Å². The Morgan fingerprint density at radius 3 is 2.65 bits per heavy atom. The number of nitrogens with zero attached hydrogens (tertiary/aromatic N) is 5. The van der Waals surface area contributed by atoms with E-state index in [2.05, 4.69) is 26.7 Å². The molecule has 1 atom stereocenters. The Morgan fingerprint density at radius 2 is 2.00 bits per heavy atom. The van der Waals surface area contributed by atoms with Crippen molar-refractivity contribution in [2.45, 2.75) is 56.0 Å². The summed E-state index contributed by atoms with van der Waals surface area (Å²) in [4.78, 5) is 19.0. The minimum absolute atomic E-state index is 0.146. The van der Waals surface area contributed by atoms with Gasteiger partial charge in [-0.3, -0.25) is 14.3 Å². The molecule has 0 radical (unpaired) electrons. The van der Waals surface area contributed by atoms with Crippen molar-refractivity contribution in [3.8, 4) is 11.4 Å². The van der Waals surface area contributed by atoms with Crippen LogP contribution in [0, 0.1) is 5.92 Å². The molecule has 1 unspecified atom stereocenters. The van der Waals surface area contributed by atoms with E-state index in [0.29, 0.717) is 6.04 Å². The molecule has 1 saturated carbocycles. The average Bonchev–Trinajstić information content (AvgIpc) is 3.42. The monoisotopic (exact) mass is 371 g/mol. The molecule has 0 aromatic carbocycles. The van der Waals surface area contributed by atoms with E-state index in [1.165, 1.54) is 11.8 Å². The van der Waals surface area contributed by atoms with Gasteiger partial charge in [0.05, 0.1) is 5.25 Å². The highest BCUT2D eigenvalue weighted by Gasteiger charge is 2.32. The standard InChI is InChI=1S/C19H25N5OS/c1-13-7-10-23(11-8-13)18(25)14(2)26-19-22-21-17(24(19)16-5-6-16)15-4-3-9-20-12-15/h3-4,9,12-14,16H,5-8,10-11H2,1-2H3. The summed E-state index contributed by atoms with van der Waals surface area (Å²) in [7, 11) is 0. The fourth-order valence-corrected chi connectivity index (χ4v) is 4.41. The Kier molecular flexibility index (Phi) is 4.98. The van der Waals surface area contributed by atoms with Gasteiger partial charge >= 0.3 is 0 Å². The zero-order chi connectivity index (χ0) is 18.1. The molecule has 2 aliphatic rings. The minimum Gasteiger partial charge on any atom is -0.342 e. The van der Waals surface area contributed by atoms with Gasteiger partial charge in [-0.2, -0.15) is 0 Å². The van der Waals surface area contributed by atoms with Crippen molar-refractivity contribution in [3.63, 3.8) is 0 Å². The lowest BCUT2D eigenvalue weighted by Gasteiger charge is -2.32. The number of hydrogen-bond acceptors (Lipinski definition) is 5. The molecule has 138 valence electrons. The van der Waals surface area contributed by atoms with E-state index in [0.717, 1.165) is 61.2 Å². The highest BCUT2D eigenvalue weighted by Crippen LogP contribution is 2.41. The van der Waals surface area contributed by atoms with Gasteiger partial charge in [-0.05, 0) is 50.7 Å². The summed E-state index contributed by atoms with van der Waals surface area (Å²) >= 11 is 1.53. The minimum atomic E-state index is -0.146. The van der Waals surface area contributed by atoms with Crippen molar-refractivity contribution in [3.05, 3.63) is 24.5 Å². The first-order chi connectivity index (χ1) is 12.6. The van der Waals surface area contributed by atoms with Gasteiger partial charge in [-0.25, -0.2) is 0 Å². The lowest BCUT2D eigenvalue weighted by molar-refractivity contribution is -0.131. The highest BCUT2D eigenvalue weighted by atomic mass is 32.2. The lowest BCUT2D eigenvalue weighted by Crippen LogP contribution is -2.41. The summed E-state index contributed by atoms with van der Waals surface area (Å²) in [6.07, 6.45) is 8.08. The maximum absolute atomic E-state index is 12.8. The number of carbonyl (C=O) groups excluding carboxylic acids is 1. The third-order valence-corrected chi connectivity index (χ3v) is 6.27. The zero-order valence-corrected chi connectivity index (χ0v) is 16.2. The van der Waals surface area contributed by atoms with E-state index in [-0.39, 0.29) is 11.2 Å². The molecule has 4 rings (SSSR count). The van der Waals surface area contributed by atoms with Crippen LogP contribution in [0.5, 0.6) is 0 Å². The number of piperidine rings is 1. The molecular weight excluding hydrogens is 346 g/mol. The number of pyridine rings is 1. The number of likely N-dealkylation sites (tertiary alicyclic amines) is 1. The summed E-state index contributed by atoms with van der Waals surface area (Å²) in [5.74, 6) is 1.80. The molecule has 7 heteroatoms. The van der Waals surface area contributed by atoms with Crippen LogP contribution in [0.15, 0.2) is 29.7 Å². The zero-order valence-electron chi connectivity index (χ0n) is 15.3. The number of rotatable bonds is 5. The lowest BCUT2D eigenvalue weighted by atomic mass is 9.99. The smallest absolute Gasteiger partial charge is 0.235 e. The second-order valence-corrected chi connectivity index (χ2v) is 8.72. The highest BCUT2D eigenvalue weighted by molar-refractivity contribution is 8.00. The van der Waals surface area contributed by atoms with Crippen LogP contribution >= 0.6 is 11.8 Å². The van der Waals surface area contributed by atoms with Crippen LogP contribution in [0.4, 0.5) is 0 Å². The Labute approximate surface area is 158 Å². The van der Waals surface area contributed by atoms with Crippen molar-refractivity contribution in [1.82, 2.24) is 24.6 Å². The first-order valence-electron chi connectivity index (χ1n) is 9.44. The summed E-state index contributed by atoms with van der Waals surface area (Å²) < 4.78 is 2.20. The molecule has 1 aliphatic carbocycles. The number of hydrogen-bond donors (Lipinski definition) is 0. The SMILES string of the molecule is CC1CCN(C(=O)C(C)Sc2nnc(-c3cccnc3)n2C2CC2)CC1. The first-order valence-corrected chi connectivity index (χ1v) is 10.3. The average molecular weight is 372 g/mol. The van der Waals surface area contributed by atoms with E-state index >= 15 is 0 Å². The van der Waals surface area contributed by atoms with Gasteiger partial charge in [-0.15, -0.1) is 10.2 Å². The molecule has 3 heterocycles. The third-order valence-electron chi connectivity index (χ3n) is 5.22. The first kappa shape index (κ1) is 17.5.